The highest BCUT2D eigenvalue weighted by Gasteiger charge is 2.42. The fraction of sp³-hybridized carbons (Fsp3) is 0.900. The molecule has 1 amide bonds. The van der Waals surface area contributed by atoms with Crippen LogP contribution in [-0.2, 0) is 4.79 Å². The summed E-state index contributed by atoms with van der Waals surface area (Å²) in [5, 5.41) is 0. The zero-order chi connectivity index (χ0) is 13.3. The van der Waals surface area contributed by atoms with Gasteiger partial charge >= 0.3 is 6.18 Å². The minimum atomic E-state index is -4.16. The quantitative estimate of drug-likeness (QED) is 0.771. The lowest BCUT2D eigenvalue weighted by molar-refractivity contribution is -0.138. The van der Waals surface area contributed by atoms with Crippen LogP contribution in [0.3, 0.4) is 0 Å². The van der Waals surface area contributed by atoms with Gasteiger partial charge in [-0.15, -0.1) is 0 Å². The number of hydrogen-bond donors (Lipinski definition) is 2. The van der Waals surface area contributed by atoms with Crippen molar-refractivity contribution in [2.75, 3.05) is 13.6 Å². The summed E-state index contributed by atoms with van der Waals surface area (Å²) in [5.74, 6) is -0.579. The van der Waals surface area contributed by atoms with Gasteiger partial charge in [-0.3, -0.25) is 4.79 Å². The zero-order valence-electron chi connectivity index (χ0n) is 9.76. The van der Waals surface area contributed by atoms with Crippen molar-refractivity contribution >= 4 is 5.91 Å². The molecule has 0 heterocycles. The van der Waals surface area contributed by atoms with Crippen LogP contribution in [0.15, 0.2) is 0 Å². The normalized spacial score (nSPS) is 29.9. The average Bonchev–Trinajstić information content (AvgIpc) is 2.58. The molecule has 1 aliphatic rings. The molecule has 1 saturated carbocycles. The van der Waals surface area contributed by atoms with E-state index in [0.29, 0.717) is 19.3 Å². The minimum Gasteiger partial charge on any atom is -0.368 e. The molecular weight excluding hydrogens is 235 g/mol. The van der Waals surface area contributed by atoms with Crippen LogP contribution in [0.1, 0.15) is 25.7 Å². The Morgan fingerprint density at radius 2 is 2.12 bits per heavy atom. The Hall–Kier alpha value is -0.820. The third-order valence-corrected chi connectivity index (χ3v) is 3.39. The number of carbonyl (C=O) groups is 1. The van der Waals surface area contributed by atoms with Crippen molar-refractivity contribution in [1.29, 1.82) is 0 Å². The summed E-state index contributed by atoms with van der Waals surface area (Å²) < 4.78 is 36.2. The Bertz CT molecular complexity index is 295. The largest absolute Gasteiger partial charge is 0.390 e. The number of hydrogen-bond acceptors (Lipinski definition) is 3. The first-order chi connectivity index (χ1) is 7.64. The van der Waals surface area contributed by atoms with Gasteiger partial charge in [0.15, 0.2) is 0 Å². The lowest BCUT2D eigenvalue weighted by Gasteiger charge is -2.26. The number of nitrogens with two attached hydrogens (primary N) is 2. The Balaban J connectivity index is 2.46. The number of alkyl halides is 3. The zero-order valence-corrected chi connectivity index (χ0v) is 9.76. The van der Waals surface area contributed by atoms with E-state index in [9.17, 15) is 18.0 Å². The molecule has 0 radical (unpaired) electrons. The molecule has 1 rings (SSSR count). The second-order valence-corrected chi connectivity index (χ2v) is 4.76. The van der Waals surface area contributed by atoms with Crippen LogP contribution in [0.4, 0.5) is 13.2 Å². The van der Waals surface area contributed by atoms with Gasteiger partial charge in [0.05, 0.1) is 12.0 Å². The maximum atomic E-state index is 12.1. The number of amides is 1. The highest BCUT2D eigenvalue weighted by Crippen LogP contribution is 2.31. The molecule has 0 bridgehead atoms. The van der Waals surface area contributed by atoms with Crippen LogP contribution in [-0.4, -0.2) is 42.2 Å². The predicted molar refractivity (Wildman–Crippen MR) is 57.1 cm³/mol. The molecule has 100 valence electrons. The molecule has 1 aliphatic carbocycles. The van der Waals surface area contributed by atoms with E-state index in [1.165, 1.54) is 0 Å². The van der Waals surface area contributed by atoms with Crippen LogP contribution >= 0.6 is 0 Å². The van der Waals surface area contributed by atoms with Crippen molar-refractivity contribution < 1.29 is 18.0 Å². The average molecular weight is 253 g/mol. The first kappa shape index (κ1) is 14.2. The Morgan fingerprint density at radius 3 is 2.53 bits per heavy atom. The fourth-order valence-electron chi connectivity index (χ4n) is 2.13. The lowest BCUT2D eigenvalue weighted by atomic mass is 9.98. The van der Waals surface area contributed by atoms with Gasteiger partial charge in [0.1, 0.15) is 0 Å². The third kappa shape index (κ3) is 3.85. The van der Waals surface area contributed by atoms with Crippen molar-refractivity contribution in [2.24, 2.45) is 11.5 Å². The van der Waals surface area contributed by atoms with Crippen molar-refractivity contribution in [3.8, 4) is 0 Å². The van der Waals surface area contributed by atoms with E-state index < -0.39 is 24.0 Å². The topological polar surface area (TPSA) is 72.3 Å². The van der Waals surface area contributed by atoms with Crippen molar-refractivity contribution in [3.05, 3.63) is 0 Å². The van der Waals surface area contributed by atoms with E-state index in [1.54, 1.807) is 11.9 Å². The highest BCUT2D eigenvalue weighted by atomic mass is 19.4. The van der Waals surface area contributed by atoms with Gasteiger partial charge < -0.3 is 16.4 Å². The Labute approximate surface area is 98.1 Å². The summed E-state index contributed by atoms with van der Waals surface area (Å²) in [4.78, 5) is 12.7. The molecule has 0 spiro atoms. The van der Waals surface area contributed by atoms with Gasteiger partial charge in [-0.2, -0.15) is 13.2 Å². The number of halogens is 3. The molecule has 1 fully saturated rings. The summed E-state index contributed by atoms with van der Waals surface area (Å²) in [7, 11) is 1.61. The van der Waals surface area contributed by atoms with Crippen LogP contribution in [0, 0.1) is 0 Å². The summed E-state index contributed by atoms with van der Waals surface area (Å²) in [6, 6.07) is -0.102. The molecular formula is C10H18F3N3O. The first-order valence-corrected chi connectivity index (χ1v) is 5.50. The maximum absolute atomic E-state index is 12.1. The van der Waals surface area contributed by atoms with Crippen LogP contribution in [0.2, 0.25) is 0 Å². The highest BCUT2D eigenvalue weighted by molar-refractivity contribution is 5.84. The monoisotopic (exact) mass is 253 g/mol. The number of carbonyl (C=O) groups excluding carboxylic acids is 1. The van der Waals surface area contributed by atoms with E-state index >= 15 is 0 Å². The first-order valence-electron chi connectivity index (χ1n) is 5.50. The predicted octanol–water partition coefficient (Wildman–Crippen LogP) is 0.606. The molecule has 4 nitrogen and oxygen atoms in total. The van der Waals surface area contributed by atoms with Gasteiger partial charge in [-0.1, -0.05) is 0 Å². The molecule has 0 aromatic carbocycles. The molecule has 2 unspecified atom stereocenters. The van der Waals surface area contributed by atoms with Crippen molar-refractivity contribution in [3.63, 3.8) is 0 Å². The lowest BCUT2D eigenvalue weighted by Crippen LogP contribution is -2.51. The summed E-state index contributed by atoms with van der Waals surface area (Å²) in [6.45, 7) is -0.0803. The van der Waals surface area contributed by atoms with Gasteiger partial charge in [-0.25, -0.2) is 0 Å². The van der Waals surface area contributed by atoms with Gasteiger partial charge in [0, 0.05) is 12.6 Å². The summed E-state index contributed by atoms with van der Waals surface area (Å²) in [5.41, 5.74) is 9.91. The summed E-state index contributed by atoms with van der Waals surface area (Å²) in [6.07, 6.45) is -3.64. The van der Waals surface area contributed by atoms with Crippen LogP contribution < -0.4 is 11.5 Å². The second kappa shape index (κ2) is 4.81. The fourth-order valence-corrected chi connectivity index (χ4v) is 2.13. The van der Waals surface area contributed by atoms with Gasteiger partial charge in [0.25, 0.3) is 0 Å². The Kier molecular flexibility index (Phi) is 4.03. The molecule has 0 aromatic heterocycles. The number of nitrogens with zero attached hydrogens (tertiary/aromatic N) is 1. The number of primary amides is 1. The molecule has 17 heavy (non-hydrogen) atoms. The molecule has 4 N–H and O–H groups in total. The standard InChI is InChI=1S/C10H18F3N3O/c1-16(5-4-10(11,12)13)7-2-3-9(15,6-7)8(14)17/h7H,2-6,15H2,1H3,(H2,14,17). The van der Waals surface area contributed by atoms with E-state index in [0.717, 1.165) is 0 Å². The molecule has 0 aliphatic heterocycles. The van der Waals surface area contributed by atoms with Gasteiger partial charge in [0.2, 0.25) is 5.91 Å². The minimum absolute atomic E-state index is 0.0803. The number of rotatable bonds is 4. The maximum Gasteiger partial charge on any atom is 0.390 e. The van der Waals surface area contributed by atoms with Gasteiger partial charge in [-0.05, 0) is 26.3 Å². The third-order valence-electron chi connectivity index (χ3n) is 3.39. The summed E-state index contributed by atoms with van der Waals surface area (Å²) >= 11 is 0. The SMILES string of the molecule is CN(CCC(F)(F)F)C1CCC(N)(C(N)=O)C1. The van der Waals surface area contributed by atoms with Crippen molar-refractivity contribution in [1.82, 2.24) is 4.90 Å². The van der Waals surface area contributed by atoms with E-state index in [4.69, 9.17) is 11.5 Å². The van der Waals surface area contributed by atoms with Crippen LogP contribution in [0.5, 0.6) is 0 Å². The van der Waals surface area contributed by atoms with E-state index in [-0.39, 0.29) is 12.6 Å². The molecule has 0 aromatic rings. The van der Waals surface area contributed by atoms with E-state index in [1.807, 2.05) is 0 Å². The van der Waals surface area contributed by atoms with E-state index in [2.05, 4.69) is 0 Å². The van der Waals surface area contributed by atoms with Crippen molar-refractivity contribution in [2.45, 2.75) is 43.4 Å². The molecule has 2 atom stereocenters. The molecule has 7 heteroatoms. The smallest absolute Gasteiger partial charge is 0.368 e. The molecule has 0 saturated heterocycles. The Morgan fingerprint density at radius 1 is 1.53 bits per heavy atom. The van der Waals surface area contributed by atoms with Crippen LogP contribution in [0.25, 0.3) is 0 Å². The second-order valence-electron chi connectivity index (χ2n) is 4.76.